The van der Waals surface area contributed by atoms with Crippen LogP contribution in [0.1, 0.15) is 12.5 Å². The van der Waals surface area contributed by atoms with Crippen molar-refractivity contribution in [1.29, 1.82) is 0 Å². The summed E-state index contributed by atoms with van der Waals surface area (Å²) in [4.78, 5) is 16.2. The molecular weight excluding hydrogens is 344 g/mol. The third kappa shape index (κ3) is 4.46. The lowest BCUT2D eigenvalue weighted by atomic mass is 10.2. The molecule has 2 aromatic heterocycles. The zero-order valence-electron chi connectivity index (χ0n) is 15.9. The van der Waals surface area contributed by atoms with E-state index in [4.69, 9.17) is 4.99 Å². The maximum Gasteiger partial charge on any atom is 0.194 e. The molecule has 1 saturated heterocycles. The number of anilines is 2. The SMILES string of the molecule is CCNC(=NCc1cccnc1N(C)C)N1CCN(c2cccs2)CC1. The third-order valence-electron chi connectivity index (χ3n) is 4.42. The van der Waals surface area contributed by atoms with Crippen molar-refractivity contribution in [3.8, 4) is 0 Å². The van der Waals surface area contributed by atoms with Crippen LogP contribution in [0.3, 0.4) is 0 Å². The van der Waals surface area contributed by atoms with Gasteiger partial charge in [-0.25, -0.2) is 9.98 Å². The largest absolute Gasteiger partial charge is 0.362 e. The van der Waals surface area contributed by atoms with Gasteiger partial charge in [0.15, 0.2) is 5.96 Å². The van der Waals surface area contributed by atoms with E-state index in [1.165, 1.54) is 5.00 Å². The Labute approximate surface area is 160 Å². The molecule has 1 fully saturated rings. The van der Waals surface area contributed by atoms with Gasteiger partial charge in [-0.1, -0.05) is 6.07 Å². The number of rotatable bonds is 5. The van der Waals surface area contributed by atoms with Crippen molar-refractivity contribution < 1.29 is 0 Å². The Hall–Kier alpha value is -2.28. The van der Waals surface area contributed by atoms with Gasteiger partial charge < -0.3 is 20.0 Å². The van der Waals surface area contributed by atoms with Crippen LogP contribution in [0.25, 0.3) is 0 Å². The smallest absolute Gasteiger partial charge is 0.194 e. The summed E-state index contributed by atoms with van der Waals surface area (Å²) in [5.41, 5.74) is 1.14. The lowest BCUT2D eigenvalue weighted by molar-refractivity contribution is 0.373. The van der Waals surface area contributed by atoms with Crippen molar-refractivity contribution in [1.82, 2.24) is 15.2 Å². The van der Waals surface area contributed by atoms with E-state index in [-0.39, 0.29) is 0 Å². The highest BCUT2D eigenvalue weighted by Gasteiger charge is 2.20. The number of aliphatic imine (C=N–C) groups is 1. The fraction of sp³-hybridized carbons (Fsp3) is 0.474. The number of hydrogen-bond acceptors (Lipinski definition) is 5. The molecule has 0 unspecified atom stereocenters. The zero-order chi connectivity index (χ0) is 18.4. The summed E-state index contributed by atoms with van der Waals surface area (Å²) < 4.78 is 0. The minimum Gasteiger partial charge on any atom is -0.362 e. The highest BCUT2D eigenvalue weighted by atomic mass is 32.1. The summed E-state index contributed by atoms with van der Waals surface area (Å²) in [6.45, 7) is 7.65. The van der Waals surface area contributed by atoms with Crippen LogP contribution in [0.15, 0.2) is 40.8 Å². The maximum absolute atomic E-state index is 4.89. The molecule has 0 bridgehead atoms. The van der Waals surface area contributed by atoms with Gasteiger partial charge in [0.2, 0.25) is 0 Å². The Morgan fingerprint density at radius 1 is 1.23 bits per heavy atom. The van der Waals surface area contributed by atoms with Crippen molar-refractivity contribution in [3.63, 3.8) is 0 Å². The van der Waals surface area contributed by atoms with Gasteiger partial charge in [0, 0.05) is 58.6 Å². The molecule has 1 aliphatic heterocycles. The highest BCUT2D eigenvalue weighted by molar-refractivity contribution is 7.14. The van der Waals surface area contributed by atoms with Gasteiger partial charge >= 0.3 is 0 Å². The second kappa shape index (κ2) is 8.89. The molecule has 3 heterocycles. The first-order valence-electron chi connectivity index (χ1n) is 9.12. The van der Waals surface area contributed by atoms with Crippen LogP contribution in [0.2, 0.25) is 0 Å². The van der Waals surface area contributed by atoms with Gasteiger partial charge in [0.05, 0.1) is 11.5 Å². The molecule has 0 amide bonds. The van der Waals surface area contributed by atoms with Crippen molar-refractivity contribution in [2.24, 2.45) is 4.99 Å². The van der Waals surface area contributed by atoms with Crippen LogP contribution in [-0.2, 0) is 6.54 Å². The summed E-state index contributed by atoms with van der Waals surface area (Å²) in [5.74, 6) is 1.97. The number of guanidine groups is 1. The van der Waals surface area contributed by atoms with E-state index >= 15 is 0 Å². The molecule has 2 aromatic rings. The Morgan fingerprint density at radius 2 is 2.04 bits per heavy atom. The lowest BCUT2D eigenvalue weighted by Gasteiger charge is -2.37. The Kier molecular flexibility index (Phi) is 6.33. The van der Waals surface area contributed by atoms with Gasteiger partial charge in [0.1, 0.15) is 5.82 Å². The number of aromatic nitrogens is 1. The number of hydrogen-bond donors (Lipinski definition) is 1. The summed E-state index contributed by atoms with van der Waals surface area (Å²) in [5, 5.41) is 6.95. The molecule has 0 aliphatic carbocycles. The third-order valence-corrected chi connectivity index (χ3v) is 5.35. The number of thiophene rings is 1. The van der Waals surface area contributed by atoms with Crippen molar-refractivity contribution in [2.75, 3.05) is 56.6 Å². The fourth-order valence-electron chi connectivity index (χ4n) is 3.13. The number of nitrogens with one attached hydrogen (secondary N) is 1. The molecule has 0 spiro atoms. The van der Waals surface area contributed by atoms with Crippen LogP contribution >= 0.6 is 11.3 Å². The molecule has 0 radical (unpaired) electrons. The van der Waals surface area contributed by atoms with Crippen molar-refractivity contribution in [3.05, 3.63) is 41.4 Å². The van der Waals surface area contributed by atoms with E-state index in [0.29, 0.717) is 6.54 Å². The number of pyridine rings is 1. The molecule has 140 valence electrons. The van der Waals surface area contributed by atoms with Gasteiger partial charge in [0.25, 0.3) is 0 Å². The van der Waals surface area contributed by atoms with Gasteiger partial charge in [-0.15, -0.1) is 11.3 Å². The Bertz CT molecular complexity index is 705. The number of piperazine rings is 1. The normalized spacial score (nSPS) is 15.3. The van der Waals surface area contributed by atoms with E-state index in [0.717, 1.165) is 50.1 Å². The molecule has 1 aliphatic rings. The second-order valence-corrected chi connectivity index (χ2v) is 7.40. The Balaban J connectivity index is 1.67. The van der Waals surface area contributed by atoms with Gasteiger partial charge in [-0.05, 0) is 30.5 Å². The molecule has 0 aromatic carbocycles. The average Bonchev–Trinajstić information content (AvgIpc) is 3.20. The zero-order valence-corrected chi connectivity index (χ0v) is 16.7. The van der Waals surface area contributed by atoms with Crippen LogP contribution < -0.4 is 15.1 Å². The fourth-order valence-corrected chi connectivity index (χ4v) is 3.92. The molecule has 0 atom stereocenters. The van der Waals surface area contributed by atoms with E-state index in [1.54, 1.807) is 0 Å². The van der Waals surface area contributed by atoms with E-state index in [1.807, 2.05) is 42.6 Å². The first-order valence-corrected chi connectivity index (χ1v) is 10.00. The van der Waals surface area contributed by atoms with Crippen molar-refractivity contribution >= 4 is 28.1 Å². The molecule has 1 N–H and O–H groups in total. The van der Waals surface area contributed by atoms with Gasteiger partial charge in [-0.3, -0.25) is 0 Å². The Morgan fingerprint density at radius 3 is 2.69 bits per heavy atom. The molecule has 26 heavy (non-hydrogen) atoms. The van der Waals surface area contributed by atoms with Crippen LogP contribution in [0.4, 0.5) is 10.8 Å². The standard InChI is InChI=1S/C19H28N6S/c1-4-20-19(22-15-16-7-5-9-21-18(16)23(2)3)25-12-10-24(11-13-25)17-8-6-14-26-17/h5-9,14H,4,10-13,15H2,1-3H3,(H,20,22). The minimum atomic E-state index is 0.634. The average molecular weight is 373 g/mol. The molecule has 0 saturated carbocycles. The minimum absolute atomic E-state index is 0.634. The first-order chi connectivity index (χ1) is 12.7. The van der Waals surface area contributed by atoms with E-state index in [9.17, 15) is 0 Å². The monoisotopic (exact) mass is 372 g/mol. The topological polar surface area (TPSA) is 47.0 Å². The predicted octanol–water partition coefficient (Wildman–Crippen LogP) is 2.50. The van der Waals surface area contributed by atoms with Crippen LogP contribution in [0.5, 0.6) is 0 Å². The molecular formula is C19H28N6S. The second-order valence-electron chi connectivity index (χ2n) is 6.48. The molecule has 6 nitrogen and oxygen atoms in total. The summed E-state index contributed by atoms with van der Waals surface area (Å²) >= 11 is 1.81. The summed E-state index contributed by atoms with van der Waals surface area (Å²) in [7, 11) is 4.04. The van der Waals surface area contributed by atoms with Crippen LogP contribution in [-0.4, -0.2) is 62.7 Å². The predicted molar refractivity (Wildman–Crippen MR) is 111 cm³/mol. The van der Waals surface area contributed by atoms with E-state index in [2.05, 4.69) is 50.6 Å². The van der Waals surface area contributed by atoms with Crippen molar-refractivity contribution in [2.45, 2.75) is 13.5 Å². The molecule has 7 heteroatoms. The summed E-state index contributed by atoms with van der Waals surface area (Å²) in [6, 6.07) is 8.40. The van der Waals surface area contributed by atoms with Crippen LogP contribution in [0, 0.1) is 0 Å². The first kappa shape index (κ1) is 18.5. The van der Waals surface area contributed by atoms with E-state index < -0.39 is 0 Å². The summed E-state index contributed by atoms with van der Waals surface area (Å²) in [6.07, 6.45) is 1.83. The quantitative estimate of drug-likeness (QED) is 0.645. The maximum atomic E-state index is 4.89. The molecule has 3 rings (SSSR count). The van der Waals surface area contributed by atoms with Gasteiger partial charge in [-0.2, -0.15) is 0 Å². The highest BCUT2D eigenvalue weighted by Crippen LogP contribution is 2.22. The lowest BCUT2D eigenvalue weighted by Crippen LogP contribution is -2.52. The number of nitrogens with zero attached hydrogens (tertiary/aromatic N) is 5.